The Morgan fingerprint density at radius 2 is 0.462 bits per heavy atom. The van der Waals surface area contributed by atoms with Gasteiger partial charge in [0.15, 0.2) is 12.2 Å². The summed E-state index contributed by atoms with van der Waals surface area (Å²) in [7, 11) is -9.90. The SMILES string of the molecule is CC(C)CCCCCCCCCCCCCCCCCC(=O)OC[C@H](COP(=O)(O)OC[C@@H](O)COP(=O)(O)OC[C@@H](COC(=O)CCCCCCCCC(C)C)OC(=O)CCCCCCCCC(C)C)OC(=O)CCCCCCCCCCCCCCC(C)C. The third-order valence-corrected chi connectivity index (χ3v) is 18.5. The summed E-state index contributed by atoms with van der Waals surface area (Å²) in [5.41, 5.74) is 0. The minimum atomic E-state index is -4.95. The van der Waals surface area contributed by atoms with Crippen LogP contribution in [-0.2, 0) is 65.4 Å². The van der Waals surface area contributed by atoms with Crippen molar-refractivity contribution in [3.05, 3.63) is 0 Å². The van der Waals surface area contributed by atoms with Gasteiger partial charge in [-0.25, -0.2) is 9.13 Å². The summed E-state index contributed by atoms with van der Waals surface area (Å²) in [6, 6.07) is 0. The molecule has 0 rings (SSSR count). The molecule has 0 spiro atoms. The molecule has 0 saturated heterocycles. The van der Waals surface area contributed by atoms with Crippen LogP contribution in [0.4, 0.5) is 0 Å². The fourth-order valence-corrected chi connectivity index (χ4v) is 12.4. The van der Waals surface area contributed by atoms with Crippen LogP contribution in [0.5, 0.6) is 0 Å². The Labute approximate surface area is 556 Å². The van der Waals surface area contributed by atoms with Crippen molar-refractivity contribution in [3.8, 4) is 0 Å². The normalized spacial score (nSPS) is 14.2. The molecule has 0 heterocycles. The lowest BCUT2D eigenvalue weighted by Gasteiger charge is -2.21. The van der Waals surface area contributed by atoms with Gasteiger partial charge >= 0.3 is 39.5 Å². The number of phosphoric acid groups is 2. The van der Waals surface area contributed by atoms with Crippen LogP contribution in [0, 0.1) is 23.7 Å². The number of aliphatic hydroxyl groups is 1. The lowest BCUT2D eigenvalue weighted by Crippen LogP contribution is -2.30. The Balaban J connectivity index is 5.20. The highest BCUT2D eigenvalue weighted by Gasteiger charge is 2.30. The molecule has 17 nitrogen and oxygen atoms in total. The van der Waals surface area contributed by atoms with E-state index in [1.807, 2.05) is 0 Å². The fraction of sp³-hybridized carbons (Fsp3) is 0.944. The minimum Gasteiger partial charge on any atom is -0.462 e. The zero-order valence-electron chi connectivity index (χ0n) is 59.5. The van der Waals surface area contributed by atoms with Gasteiger partial charge in [0.1, 0.15) is 19.3 Å². The monoisotopic (exact) mass is 1340 g/mol. The van der Waals surface area contributed by atoms with Crippen LogP contribution in [-0.4, -0.2) is 96.7 Å². The second-order valence-electron chi connectivity index (χ2n) is 27.9. The van der Waals surface area contributed by atoms with Crippen LogP contribution in [0.25, 0.3) is 0 Å². The number of hydrogen-bond acceptors (Lipinski definition) is 15. The average Bonchev–Trinajstić information content (AvgIpc) is 3.60. The van der Waals surface area contributed by atoms with Gasteiger partial charge in [0.2, 0.25) is 0 Å². The molecule has 0 fully saturated rings. The van der Waals surface area contributed by atoms with Crippen molar-refractivity contribution < 1.29 is 80.2 Å². The van der Waals surface area contributed by atoms with E-state index < -0.39 is 97.5 Å². The highest BCUT2D eigenvalue weighted by Crippen LogP contribution is 2.45. The number of ether oxygens (including phenoxy) is 4. The Morgan fingerprint density at radius 1 is 0.275 bits per heavy atom. The quantitative estimate of drug-likeness (QED) is 0.0222. The average molecular weight is 1340 g/mol. The number of rotatable bonds is 69. The van der Waals surface area contributed by atoms with Gasteiger partial charge in [0.05, 0.1) is 26.4 Å². The van der Waals surface area contributed by atoms with Crippen molar-refractivity contribution >= 4 is 39.5 Å². The van der Waals surface area contributed by atoms with E-state index in [0.717, 1.165) is 108 Å². The first kappa shape index (κ1) is 89.1. The summed E-state index contributed by atoms with van der Waals surface area (Å²) in [4.78, 5) is 72.5. The van der Waals surface area contributed by atoms with Gasteiger partial charge in [0, 0.05) is 25.7 Å². The highest BCUT2D eigenvalue weighted by atomic mass is 31.2. The highest BCUT2D eigenvalue weighted by molar-refractivity contribution is 7.47. The molecule has 0 saturated carbocycles. The van der Waals surface area contributed by atoms with Gasteiger partial charge in [0.25, 0.3) is 0 Å². The zero-order chi connectivity index (χ0) is 67.5. The van der Waals surface area contributed by atoms with Gasteiger partial charge < -0.3 is 33.8 Å². The number of carbonyl (C=O) groups is 4. The van der Waals surface area contributed by atoms with Crippen molar-refractivity contribution in [1.82, 2.24) is 0 Å². The van der Waals surface area contributed by atoms with Crippen molar-refractivity contribution in [2.75, 3.05) is 39.6 Å². The molecule has 0 aliphatic carbocycles. The standard InChI is InChI=1S/C72H140O17P2/c1-62(2)48-40-32-24-20-16-12-10-9-11-13-18-22-26-36-44-52-69(74)82-58-67(88-71(76)54-46-38-27-23-19-15-14-17-21-25-33-41-49-63(3)4)60-86-90(78,79)84-56-66(73)57-85-91(80,81)87-61-68(89-72(77)55-47-39-31-29-35-43-51-65(7)8)59-83-70(75)53-45-37-30-28-34-42-50-64(5)6/h62-68,73H,9-61H2,1-8H3,(H,78,79)(H,80,81)/t66-,67-,68-/m1/s1. The maximum Gasteiger partial charge on any atom is 0.472 e. The summed E-state index contributed by atoms with van der Waals surface area (Å²) in [6.45, 7) is 14.0. The van der Waals surface area contributed by atoms with Crippen LogP contribution in [0.3, 0.4) is 0 Å². The Bertz CT molecular complexity index is 1800. The summed E-state index contributed by atoms with van der Waals surface area (Å²) in [6.07, 6.45) is 44.8. The molecule has 91 heavy (non-hydrogen) atoms. The van der Waals surface area contributed by atoms with Crippen LogP contribution in [0.2, 0.25) is 0 Å². The van der Waals surface area contributed by atoms with Crippen molar-refractivity contribution in [1.29, 1.82) is 0 Å². The lowest BCUT2D eigenvalue weighted by molar-refractivity contribution is -0.161. The Hall–Kier alpha value is -1.94. The number of aliphatic hydroxyl groups excluding tert-OH is 1. The van der Waals surface area contributed by atoms with Crippen molar-refractivity contribution in [3.63, 3.8) is 0 Å². The molecule has 5 atom stereocenters. The van der Waals surface area contributed by atoms with E-state index in [4.69, 9.17) is 37.0 Å². The molecular weight excluding hydrogens is 1200 g/mol. The molecule has 2 unspecified atom stereocenters. The number of hydrogen-bond donors (Lipinski definition) is 3. The van der Waals surface area contributed by atoms with Gasteiger partial charge in [-0.2, -0.15) is 0 Å². The van der Waals surface area contributed by atoms with E-state index in [-0.39, 0.29) is 25.7 Å². The van der Waals surface area contributed by atoms with Gasteiger partial charge in [-0.15, -0.1) is 0 Å². The molecule has 0 aliphatic rings. The van der Waals surface area contributed by atoms with E-state index in [1.54, 1.807) is 0 Å². The molecule has 0 aromatic rings. The van der Waals surface area contributed by atoms with E-state index in [1.165, 1.54) is 154 Å². The molecule has 0 bridgehead atoms. The van der Waals surface area contributed by atoms with Gasteiger partial charge in [-0.1, -0.05) is 306 Å². The van der Waals surface area contributed by atoms with Crippen molar-refractivity contribution in [2.45, 2.75) is 375 Å². The molecule has 0 aromatic heterocycles. The smallest absolute Gasteiger partial charge is 0.462 e. The summed E-state index contributed by atoms with van der Waals surface area (Å²) in [5, 5.41) is 10.6. The first-order chi connectivity index (χ1) is 43.6. The number of esters is 4. The predicted molar refractivity (Wildman–Crippen MR) is 367 cm³/mol. The van der Waals surface area contributed by atoms with Crippen LogP contribution >= 0.6 is 15.6 Å². The maximum atomic E-state index is 13.0. The van der Waals surface area contributed by atoms with Crippen molar-refractivity contribution in [2.24, 2.45) is 23.7 Å². The molecule has 3 N–H and O–H groups in total. The summed E-state index contributed by atoms with van der Waals surface area (Å²) >= 11 is 0. The third-order valence-electron chi connectivity index (χ3n) is 16.6. The maximum absolute atomic E-state index is 13.0. The van der Waals surface area contributed by atoms with E-state index in [0.29, 0.717) is 37.5 Å². The second kappa shape index (κ2) is 61.6. The molecule has 0 radical (unpaired) electrons. The fourth-order valence-electron chi connectivity index (χ4n) is 10.8. The Morgan fingerprint density at radius 3 is 0.681 bits per heavy atom. The second-order valence-corrected chi connectivity index (χ2v) is 30.8. The number of phosphoric ester groups is 2. The molecule has 0 amide bonds. The van der Waals surface area contributed by atoms with Gasteiger partial charge in [-0.05, 0) is 49.4 Å². The van der Waals surface area contributed by atoms with Crippen LogP contribution < -0.4 is 0 Å². The predicted octanol–water partition coefficient (Wildman–Crippen LogP) is 20.5. The number of carbonyl (C=O) groups excluding carboxylic acids is 4. The first-order valence-corrected chi connectivity index (χ1v) is 40.2. The van der Waals surface area contributed by atoms with E-state index >= 15 is 0 Å². The minimum absolute atomic E-state index is 0.101. The number of unbranched alkanes of at least 4 members (excludes halogenated alkanes) is 35. The first-order valence-electron chi connectivity index (χ1n) is 37.2. The molecule has 19 heteroatoms. The van der Waals surface area contributed by atoms with Crippen LogP contribution in [0.1, 0.15) is 357 Å². The largest absolute Gasteiger partial charge is 0.472 e. The molecule has 0 aromatic carbocycles. The third kappa shape index (κ3) is 66.5. The van der Waals surface area contributed by atoms with E-state index in [9.17, 15) is 43.2 Å². The topological polar surface area (TPSA) is 237 Å². The summed E-state index contributed by atoms with van der Waals surface area (Å²) in [5.74, 6) is 0.799. The Kier molecular flexibility index (Phi) is 60.3. The van der Waals surface area contributed by atoms with Gasteiger partial charge in [-0.3, -0.25) is 37.3 Å². The molecular formula is C72H140O17P2. The molecule has 540 valence electrons. The zero-order valence-corrected chi connectivity index (χ0v) is 61.3. The summed E-state index contributed by atoms with van der Waals surface area (Å²) < 4.78 is 68.3. The van der Waals surface area contributed by atoms with Crippen LogP contribution in [0.15, 0.2) is 0 Å². The molecule has 0 aliphatic heterocycles. The van der Waals surface area contributed by atoms with E-state index in [2.05, 4.69) is 55.4 Å². The lowest BCUT2D eigenvalue weighted by atomic mass is 10.0.